The normalized spacial score (nSPS) is 12.7. The maximum atomic E-state index is 12.6. The first kappa shape index (κ1) is 24.5. The summed E-state index contributed by atoms with van der Waals surface area (Å²) in [5, 5.41) is 0.525. The molecule has 1 aromatic carbocycles. The summed E-state index contributed by atoms with van der Waals surface area (Å²) < 4.78 is 82.2. The SMILES string of the molecule is Nc1nc(Sc2ccccc2)c2ncn(CCOCP(CC(F)(F)F)CC(F)(F)F)c2n1. The Hall–Kier alpha value is -2.11. The van der Waals surface area contributed by atoms with E-state index in [-0.39, 0.29) is 19.1 Å². The van der Waals surface area contributed by atoms with Crippen molar-refractivity contribution >= 4 is 36.8 Å². The minimum atomic E-state index is -4.68. The molecule has 6 nitrogen and oxygen atoms in total. The average molecular weight is 497 g/mol. The minimum absolute atomic E-state index is 0.0116. The Labute approximate surface area is 184 Å². The van der Waals surface area contributed by atoms with Crippen LogP contribution in [-0.2, 0) is 11.3 Å². The second kappa shape index (κ2) is 10.2. The molecular formula is C18H18F6N5OPS. The molecule has 32 heavy (non-hydrogen) atoms. The number of fused-ring (bicyclic) bond motifs is 1. The highest BCUT2D eigenvalue weighted by Crippen LogP contribution is 2.45. The van der Waals surface area contributed by atoms with Crippen LogP contribution in [0.4, 0.5) is 32.3 Å². The third kappa shape index (κ3) is 7.49. The van der Waals surface area contributed by atoms with E-state index < -0.39 is 38.9 Å². The van der Waals surface area contributed by atoms with Crippen molar-refractivity contribution in [1.29, 1.82) is 0 Å². The topological polar surface area (TPSA) is 78.8 Å². The van der Waals surface area contributed by atoms with E-state index in [0.717, 1.165) is 4.90 Å². The lowest BCUT2D eigenvalue weighted by Crippen LogP contribution is -2.22. The summed E-state index contributed by atoms with van der Waals surface area (Å²) in [6.07, 6.45) is -11.5. The van der Waals surface area contributed by atoms with Crippen LogP contribution in [0.1, 0.15) is 0 Å². The van der Waals surface area contributed by atoms with Gasteiger partial charge in [-0.05, 0) is 12.1 Å². The van der Waals surface area contributed by atoms with Crippen molar-refractivity contribution < 1.29 is 31.1 Å². The Morgan fingerprint density at radius 2 is 1.66 bits per heavy atom. The summed E-state index contributed by atoms with van der Waals surface area (Å²) in [6.45, 7) is 0.0225. The molecule has 2 N–H and O–H groups in total. The zero-order chi connectivity index (χ0) is 23.4. The number of aromatic nitrogens is 4. The summed E-state index contributed by atoms with van der Waals surface area (Å²) in [6, 6.07) is 9.39. The Morgan fingerprint density at radius 3 is 2.28 bits per heavy atom. The number of alkyl halides is 6. The Balaban J connectivity index is 1.65. The van der Waals surface area contributed by atoms with Crippen LogP contribution >= 0.6 is 19.7 Å². The predicted molar refractivity (Wildman–Crippen MR) is 110 cm³/mol. The summed E-state index contributed by atoms with van der Waals surface area (Å²) in [5.74, 6) is 0.0116. The van der Waals surface area contributed by atoms with Gasteiger partial charge in [0.15, 0.2) is 5.65 Å². The Morgan fingerprint density at radius 1 is 1.00 bits per heavy atom. The number of nitrogens with zero attached hydrogens (tertiary/aromatic N) is 4. The van der Waals surface area contributed by atoms with Gasteiger partial charge in [-0.1, -0.05) is 37.9 Å². The molecule has 0 unspecified atom stereocenters. The number of ether oxygens (including phenoxy) is 1. The molecule has 174 valence electrons. The summed E-state index contributed by atoms with van der Waals surface area (Å²) in [7, 11) is -2.43. The number of nitrogens with two attached hydrogens (primary N) is 1. The lowest BCUT2D eigenvalue weighted by molar-refractivity contribution is -0.112. The monoisotopic (exact) mass is 497 g/mol. The van der Waals surface area contributed by atoms with Crippen LogP contribution in [0, 0.1) is 0 Å². The first-order chi connectivity index (χ1) is 15.0. The third-order valence-electron chi connectivity index (χ3n) is 3.96. The molecule has 0 aliphatic rings. The molecule has 0 aliphatic carbocycles. The molecule has 3 aromatic rings. The zero-order valence-corrected chi connectivity index (χ0v) is 18.1. The summed E-state index contributed by atoms with van der Waals surface area (Å²) in [5.41, 5.74) is 6.67. The molecule has 2 heterocycles. The van der Waals surface area contributed by atoms with E-state index in [9.17, 15) is 26.3 Å². The smallest absolute Gasteiger partial charge is 0.375 e. The third-order valence-corrected chi connectivity index (χ3v) is 7.11. The van der Waals surface area contributed by atoms with Crippen molar-refractivity contribution in [2.24, 2.45) is 0 Å². The van der Waals surface area contributed by atoms with Crippen LogP contribution in [0.5, 0.6) is 0 Å². The summed E-state index contributed by atoms with van der Waals surface area (Å²) >= 11 is 1.34. The first-order valence-electron chi connectivity index (χ1n) is 9.15. The zero-order valence-electron chi connectivity index (χ0n) is 16.4. The van der Waals surface area contributed by atoms with Crippen molar-refractivity contribution in [3.8, 4) is 0 Å². The van der Waals surface area contributed by atoms with Gasteiger partial charge in [0.25, 0.3) is 0 Å². The van der Waals surface area contributed by atoms with Gasteiger partial charge in [-0.2, -0.15) is 31.3 Å². The van der Waals surface area contributed by atoms with Crippen molar-refractivity contribution in [3.05, 3.63) is 36.7 Å². The number of hydrogen-bond donors (Lipinski definition) is 1. The molecule has 0 bridgehead atoms. The van der Waals surface area contributed by atoms with E-state index in [1.54, 1.807) is 4.57 Å². The number of anilines is 1. The highest BCUT2D eigenvalue weighted by molar-refractivity contribution is 7.99. The van der Waals surface area contributed by atoms with Crippen LogP contribution in [0.15, 0.2) is 46.6 Å². The van der Waals surface area contributed by atoms with Crippen molar-refractivity contribution in [3.63, 3.8) is 0 Å². The Bertz CT molecular complexity index is 1010. The molecule has 2 aromatic heterocycles. The number of imidazole rings is 1. The van der Waals surface area contributed by atoms with Crippen molar-refractivity contribution in [1.82, 2.24) is 19.5 Å². The van der Waals surface area contributed by atoms with Crippen LogP contribution in [0.25, 0.3) is 11.2 Å². The molecular weight excluding hydrogens is 479 g/mol. The van der Waals surface area contributed by atoms with Gasteiger partial charge in [-0.15, -0.1) is 0 Å². The molecule has 0 amide bonds. The second-order valence-corrected chi connectivity index (χ2v) is 9.96. The van der Waals surface area contributed by atoms with E-state index in [1.165, 1.54) is 18.1 Å². The van der Waals surface area contributed by atoms with E-state index in [0.29, 0.717) is 16.2 Å². The van der Waals surface area contributed by atoms with Crippen LogP contribution in [0.3, 0.4) is 0 Å². The standard InChI is InChI=1S/C18H18F6N5OPS/c19-17(20,21)8-31(9-18(22,23)24)11-30-7-6-29-10-26-13-14(29)27-16(25)28-15(13)32-12-4-2-1-3-5-12/h1-5,10H,6-9,11H2,(H2,25,27,28). The van der Waals surface area contributed by atoms with Crippen LogP contribution in [0.2, 0.25) is 0 Å². The number of halogens is 6. The highest BCUT2D eigenvalue weighted by atomic mass is 32.2. The minimum Gasteiger partial charge on any atom is -0.375 e. The molecule has 0 saturated carbocycles. The van der Waals surface area contributed by atoms with Gasteiger partial charge in [-0.3, -0.25) is 0 Å². The van der Waals surface area contributed by atoms with E-state index in [2.05, 4.69) is 15.0 Å². The second-order valence-electron chi connectivity index (χ2n) is 6.67. The van der Waals surface area contributed by atoms with Gasteiger partial charge in [0.05, 0.1) is 31.6 Å². The highest BCUT2D eigenvalue weighted by Gasteiger charge is 2.38. The van der Waals surface area contributed by atoms with Crippen LogP contribution in [-0.4, -0.2) is 57.2 Å². The molecule has 0 aliphatic heterocycles. The Kier molecular flexibility index (Phi) is 7.84. The van der Waals surface area contributed by atoms with Gasteiger partial charge >= 0.3 is 12.4 Å². The number of benzene rings is 1. The van der Waals surface area contributed by atoms with E-state index in [4.69, 9.17) is 10.5 Å². The quantitative estimate of drug-likeness (QED) is 0.191. The van der Waals surface area contributed by atoms with Gasteiger partial charge in [0.1, 0.15) is 10.5 Å². The molecule has 3 rings (SSSR count). The van der Waals surface area contributed by atoms with Crippen molar-refractivity contribution in [2.75, 3.05) is 31.0 Å². The molecule has 0 atom stereocenters. The maximum Gasteiger partial charge on any atom is 0.392 e. The van der Waals surface area contributed by atoms with E-state index >= 15 is 0 Å². The molecule has 0 spiro atoms. The molecule has 0 saturated heterocycles. The predicted octanol–water partition coefficient (Wildman–Crippen LogP) is 5.14. The van der Waals surface area contributed by atoms with Crippen LogP contribution < -0.4 is 5.73 Å². The van der Waals surface area contributed by atoms with Gasteiger partial charge in [0, 0.05) is 11.4 Å². The van der Waals surface area contributed by atoms with Gasteiger partial charge in [-0.25, -0.2) is 9.97 Å². The number of hydrogen-bond acceptors (Lipinski definition) is 6. The molecule has 14 heteroatoms. The molecule has 0 radical (unpaired) electrons. The van der Waals surface area contributed by atoms with Gasteiger partial charge < -0.3 is 15.0 Å². The lowest BCUT2D eigenvalue weighted by Gasteiger charge is -2.20. The number of rotatable bonds is 9. The lowest BCUT2D eigenvalue weighted by atomic mass is 10.4. The number of nitrogen functional groups attached to an aromatic ring is 1. The maximum absolute atomic E-state index is 12.6. The largest absolute Gasteiger partial charge is 0.392 e. The fourth-order valence-corrected chi connectivity index (χ4v) is 5.37. The van der Waals surface area contributed by atoms with E-state index in [1.807, 2.05) is 30.3 Å². The molecule has 0 fully saturated rings. The fraction of sp³-hybridized carbons (Fsp3) is 0.389. The van der Waals surface area contributed by atoms with Crippen molar-refractivity contribution in [2.45, 2.75) is 28.8 Å². The average Bonchev–Trinajstić information content (AvgIpc) is 3.06. The van der Waals surface area contributed by atoms with Gasteiger partial charge in [0.2, 0.25) is 5.95 Å². The summed E-state index contributed by atoms with van der Waals surface area (Å²) in [4.78, 5) is 13.6. The fourth-order valence-electron chi connectivity index (χ4n) is 2.78. The first-order valence-corrected chi connectivity index (χ1v) is 11.9.